The van der Waals surface area contributed by atoms with Crippen LogP contribution in [0.4, 0.5) is 4.39 Å². The molecule has 0 atom stereocenters. The number of carbonyl (C=O) groups is 2. The van der Waals surface area contributed by atoms with Crippen molar-refractivity contribution in [2.45, 2.75) is 57.2 Å². The Morgan fingerprint density at radius 1 is 1.03 bits per heavy atom. The van der Waals surface area contributed by atoms with Crippen molar-refractivity contribution in [1.29, 1.82) is 0 Å². The number of ether oxygens (including phenoxy) is 2. The average molecular weight is 541 g/mol. The fraction of sp³-hybridized carbons (Fsp3) is 0.467. The smallest absolute Gasteiger partial charge is 0.255 e. The molecule has 8 heteroatoms. The second kappa shape index (κ2) is 13.1. The fourth-order valence-electron chi connectivity index (χ4n) is 5.14. The van der Waals surface area contributed by atoms with Crippen LogP contribution in [0.2, 0.25) is 5.02 Å². The largest absolute Gasteiger partial charge is 0.496 e. The Morgan fingerprint density at radius 3 is 2.29 bits per heavy atom. The predicted octanol–water partition coefficient (Wildman–Crippen LogP) is 5.57. The molecule has 0 saturated carbocycles. The third-order valence-electron chi connectivity index (χ3n) is 7.29. The van der Waals surface area contributed by atoms with E-state index in [4.69, 9.17) is 27.5 Å². The third kappa shape index (κ3) is 6.86. The number of unbranched alkanes of at least 4 members (excludes halogenated alkanes) is 1. The Bertz CT molecular complexity index is 1180. The molecule has 0 aromatic heterocycles. The lowest BCUT2D eigenvalue weighted by Crippen LogP contribution is -2.44. The summed E-state index contributed by atoms with van der Waals surface area (Å²) < 4.78 is 25.5. The van der Waals surface area contributed by atoms with Crippen molar-refractivity contribution in [3.05, 3.63) is 52.8 Å². The molecule has 2 heterocycles. The summed E-state index contributed by atoms with van der Waals surface area (Å²) in [6.45, 7) is 2.61. The van der Waals surface area contributed by atoms with Gasteiger partial charge in [0.2, 0.25) is 5.91 Å². The minimum atomic E-state index is -0.377. The highest BCUT2D eigenvalue weighted by Crippen LogP contribution is 2.34. The second-order valence-corrected chi connectivity index (χ2v) is 10.2. The number of halogens is 2. The van der Waals surface area contributed by atoms with E-state index in [-0.39, 0.29) is 29.8 Å². The summed E-state index contributed by atoms with van der Waals surface area (Å²) in [5, 5.41) is 0.317. The first-order valence-electron chi connectivity index (χ1n) is 13.2. The van der Waals surface area contributed by atoms with Gasteiger partial charge in [0, 0.05) is 44.6 Å². The second-order valence-electron chi connectivity index (χ2n) is 9.80. The third-order valence-corrected chi connectivity index (χ3v) is 7.61. The number of rotatable bonds is 8. The highest BCUT2D eigenvalue weighted by Gasteiger charge is 2.29. The van der Waals surface area contributed by atoms with Crippen LogP contribution in [0.3, 0.4) is 0 Å². The van der Waals surface area contributed by atoms with Crippen molar-refractivity contribution < 1.29 is 23.5 Å². The van der Waals surface area contributed by atoms with Gasteiger partial charge < -0.3 is 19.3 Å². The zero-order valence-electron chi connectivity index (χ0n) is 21.8. The van der Waals surface area contributed by atoms with Gasteiger partial charge in [-0.1, -0.05) is 17.7 Å². The zero-order valence-corrected chi connectivity index (χ0v) is 22.5. The number of hydrogen-bond donors (Lipinski definition) is 0. The minimum absolute atomic E-state index is 0.0974. The van der Waals surface area contributed by atoms with E-state index in [1.807, 2.05) is 4.90 Å². The summed E-state index contributed by atoms with van der Waals surface area (Å²) in [5.41, 5.74) is 1.67. The van der Waals surface area contributed by atoms with E-state index in [9.17, 15) is 14.0 Å². The van der Waals surface area contributed by atoms with E-state index in [1.54, 1.807) is 29.2 Å². The van der Waals surface area contributed by atoms with Crippen LogP contribution in [0.15, 0.2) is 36.4 Å². The Hall–Kier alpha value is -3.08. The molecule has 38 heavy (non-hydrogen) atoms. The first-order valence-corrected chi connectivity index (χ1v) is 13.6. The van der Waals surface area contributed by atoms with Crippen LogP contribution in [0.25, 0.3) is 11.1 Å². The fourth-order valence-corrected chi connectivity index (χ4v) is 5.40. The van der Waals surface area contributed by atoms with Crippen molar-refractivity contribution in [2.75, 3.05) is 33.3 Å². The van der Waals surface area contributed by atoms with Crippen LogP contribution >= 0.6 is 11.6 Å². The summed E-state index contributed by atoms with van der Waals surface area (Å²) in [7, 11) is 1.53. The number of carbonyl (C=O) groups excluding carboxylic acids is 2. The maximum atomic E-state index is 13.8. The van der Waals surface area contributed by atoms with Gasteiger partial charge >= 0.3 is 0 Å². The zero-order chi connectivity index (χ0) is 27.1. The molecule has 0 bridgehead atoms. The van der Waals surface area contributed by atoms with E-state index < -0.39 is 0 Å². The predicted molar refractivity (Wildman–Crippen MR) is 146 cm³/mol. The number of amides is 2. The van der Waals surface area contributed by atoms with Gasteiger partial charge in [-0.25, -0.2) is 4.39 Å². The number of likely N-dealkylation sites (tertiary alicyclic amines) is 2. The monoisotopic (exact) mass is 540 g/mol. The molecular weight excluding hydrogens is 507 g/mol. The van der Waals surface area contributed by atoms with E-state index >= 15 is 0 Å². The molecule has 2 amide bonds. The summed E-state index contributed by atoms with van der Waals surface area (Å²) in [6, 6.07) is 9.42. The Labute approximate surface area is 229 Å². The maximum Gasteiger partial charge on any atom is 0.255 e. The molecule has 0 spiro atoms. The van der Waals surface area contributed by atoms with Crippen molar-refractivity contribution in [2.24, 2.45) is 0 Å². The Balaban J connectivity index is 1.27. The minimum Gasteiger partial charge on any atom is -0.496 e. The summed E-state index contributed by atoms with van der Waals surface area (Å²) in [5.74, 6) is 2.78. The van der Waals surface area contributed by atoms with Gasteiger partial charge in [-0.3, -0.25) is 9.59 Å². The lowest BCUT2D eigenvalue weighted by molar-refractivity contribution is -0.135. The first kappa shape index (κ1) is 27.9. The van der Waals surface area contributed by atoms with Crippen LogP contribution in [-0.4, -0.2) is 67.1 Å². The van der Waals surface area contributed by atoms with E-state index in [2.05, 4.69) is 5.92 Å². The number of terminal acetylenes is 1. The average Bonchev–Trinajstić information content (AvgIpc) is 2.93. The van der Waals surface area contributed by atoms with Gasteiger partial charge in [-0.05, 0) is 68.0 Å². The molecule has 2 aliphatic heterocycles. The molecule has 2 aliphatic rings. The molecule has 0 N–H and O–H groups in total. The molecule has 2 fully saturated rings. The quantitative estimate of drug-likeness (QED) is 0.324. The van der Waals surface area contributed by atoms with Crippen LogP contribution in [0.1, 0.15) is 55.3 Å². The highest BCUT2D eigenvalue weighted by molar-refractivity contribution is 6.34. The number of piperidine rings is 2. The van der Waals surface area contributed by atoms with Crippen LogP contribution in [0, 0.1) is 18.2 Å². The van der Waals surface area contributed by atoms with Gasteiger partial charge in [0.1, 0.15) is 11.6 Å². The number of benzene rings is 2. The van der Waals surface area contributed by atoms with Gasteiger partial charge in [0.05, 0.1) is 29.9 Å². The molecular formula is C30H34ClFN2O4. The summed E-state index contributed by atoms with van der Waals surface area (Å²) >= 11 is 6.51. The van der Waals surface area contributed by atoms with E-state index in [1.165, 1.54) is 19.2 Å². The van der Waals surface area contributed by atoms with Gasteiger partial charge in [0.15, 0.2) is 0 Å². The number of methoxy groups -OCH3 is 1. The van der Waals surface area contributed by atoms with Gasteiger partial charge in [-0.2, -0.15) is 0 Å². The standard InChI is InChI=1S/C30H34ClFN2O4/c1-3-4-5-6-29(35)33-15-11-23(12-16-33)38-24-13-17-34(18-14-24)30(36)25-9-7-21(19-27(25)31)26-20-22(32)8-10-28(26)37-2/h1,7-10,19-20,23-24H,4-6,11-18H2,2H3. The molecule has 2 aromatic carbocycles. The molecule has 2 aromatic rings. The van der Waals surface area contributed by atoms with Crippen molar-refractivity contribution in [1.82, 2.24) is 9.80 Å². The van der Waals surface area contributed by atoms with Crippen molar-refractivity contribution >= 4 is 23.4 Å². The van der Waals surface area contributed by atoms with E-state index in [0.29, 0.717) is 66.5 Å². The lowest BCUT2D eigenvalue weighted by atomic mass is 10.0. The topological polar surface area (TPSA) is 59.1 Å². The number of hydrogen-bond acceptors (Lipinski definition) is 4. The van der Waals surface area contributed by atoms with Crippen LogP contribution in [-0.2, 0) is 9.53 Å². The normalized spacial score (nSPS) is 16.8. The van der Waals surface area contributed by atoms with Crippen LogP contribution < -0.4 is 4.74 Å². The summed E-state index contributed by atoms with van der Waals surface area (Å²) in [6.07, 6.45) is 10.6. The van der Waals surface area contributed by atoms with Gasteiger partial charge in [0.25, 0.3) is 5.91 Å². The molecule has 4 rings (SSSR count). The molecule has 202 valence electrons. The maximum absolute atomic E-state index is 13.8. The Morgan fingerprint density at radius 2 is 1.68 bits per heavy atom. The van der Waals surface area contributed by atoms with Crippen molar-refractivity contribution in [3.63, 3.8) is 0 Å². The number of nitrogens with zero attached hydrogens (tertiary/aromatic N) is 2. The molecule has 0 unspecified atom stereocenters. The first-order chi connectivity index (χ1) is 18.4. The highest BCUT2D eigenvalue weighted by atomic mass is 35.5. The molecule has 0 aliphatic carbocycles. The lowest BCUT2D eigenvalue weighted by Gasteiger charge is -2.37. The SMILES string of the molecule is C#CCCCC(=O)N1CCC(OC2CCN(C(=O)c3ccc(-c4cc(F)ccc4OC)cc3Cl)CC2)CC1. The van der Waals surface area contributed by atoms with Crippen LogP contribution in [0.5, 0.6) is 5.75 Å². The molecule has 2 saturated heterocycles. The van der Waals surface area contributed by atoms with E-state index in [0.717, 1.165) is 32.1 Å². The molecule has 0 radical (unpaired) electrons. The Kier molecular flexibility index (Phi) is 9.65. The van der Waals surface area contributed by atoms with Gasteiger partial charge in [-0.15, -0.1) is 12.3 Å². The van der Waals surface area contributed by atoms with Crippen molar-refractivity contribution in [3.8, 4) is 29.2 Å². The summed E-state index contributed by atoms with van der Waals surface area (Å²) in [4.78, 5) is 29.2. The molecule has 6 nitrogen and oxygen atoms in total.